The van der Waals surface area contributed by atoms with E-state index in [1.54, 1.807) is 37.3 Å². The zero-order chi connectivity index (χ0) is 23.3. The molecule has 0 saturated carbocycles. The second-order valence-corrected chi connectivity index (χ2v) is 9.11. The van der Waals surface area contributed by atoms with Crippen LogP contribution in [0.1, 0.15) is 40.9 Å². The number of cyclic esters (lactones) is 1. The Morgan fingerprint density at radius 2 is 1.97 bits per heavy atom. The van der Waals surface area contributed by atoms with Crippen molar-refractivity contribution in [3.8, 4) is 17.2 Å². The van der Waals surface area contributed by atoms with Crippen molar-refractivity contribution in [3.63, 3.8) is 0 Å². The maximum Gasteiger partial charge on any atom is 0.402 e. The summed E-state index contributed by atoms with van der Waals surface area (Å²) in [6, 6.07) is 8.36. The van der Waals surface area contributed by atoms with E-state index in [1.165, 1.54) is 7.11 Å². The van der Waals surface area contributed by atoms with Gasteiger partial charge in [0.15, 0.2) is 6.35 Å². The van der Waals surface area contributed by atoms with Gasteiger partial charge in [0.25, 0.3) is 0 Å². The number of phenolic OH excluding ortho intramolecular Hbond substituents is 1. The van der Waals surface area contributed by atoms with Gasteiger partial charge in [-0.3, -0.25) is 0 Å². The highest BCUT2D eigenvalue weighted by Gasteiger charge is 2.32. The van der Waals surface area contributed by atoms with E-state index in [2.05, 4.69) is 0 Å². The Balaban J connectivity index is 1.68. The summed E-state index contributed by atoms with van der Waals surface area (Å²) in [4.78, 5) is 22.1. The maximum absolute atomic E-state index is 12.2. The molecule has 0 bridgehead atoms. The normalized spacial score (nSPS) is 15.1. The number of allylic oxidation sites excluding steroid dienone is 1. The molecule has 8 nitrogen and oxygen atoms in total. The lowest BCUT2D eigenvalue weighted by Crippen LogP contribution is -2.06. The van der Waals surface area contributed by atoms with E-state index < -0.39 is 19.9 Å². The molecule has 2 aromatic rings. The van der Waals surface area contributed by atoms with Gasteiger partial charge in [-0.1, -0.05) is 36.8 Å². The number of carbonyl (C=O) groups excluding carboxylic acids is 1. The lowest BCUT2D eigenvalue weighted by molar-refractivity contribution is 0.0532. The highest BCUT2D eigenvalue weighted by molar-refractivity contribution is 7.53. The van der Waals surface area contributed by atoms with Crippen LogP contribution in [0.5, 0.6) is 17.2 Å². The average molecular weight is 462 g/mol. The van der Waals surface area contributed by atoms with Crippen molar-refractivity contribution in [2.24, 2.45) is 0 Å². The van der Waals surface area contributed by atoms with Crippen LogP contribution < -0.4 is 9.26 Å². The third-order valence-electron chi connectivity index (χ3n) is 5.08. The Bertz CT molecular complexity index is 1060. The maximum atomic E-state index is 12.2. The summed E-state index contributed by atoms with van der Waals surface area (Å²) in [5.41, 5.74) is 2.95. The van der Waals surface area contributed by atoms with Gasteiger partial charge in [-0.2, -0.15) is 0 Å². The molecule has 2 aromatic carbocycles. The predicted octanol–water partition coefficient (Wildman–Crippen LogP) is 4.36. The number of benzene rings is 2. The fourth-order valence-corrected chi connectivity index (χ4v) is 4.43. The van der Waals surface area contributed by atoms with Crippen molar-refractivity contribution in [3.05, 3.63) is 64.2 Å². The third-order valence-corrected chi connectivity index (χ3v) is 6.08. The summed E-state index contributed by atoms with van der Waals surface area (Å²) in [7, 11) is -2.44. The van der Waals surface area contributed by atoms with Crippen molar-refractivity contribution >= 4 is 13.6 Å². The Morgan fingerprint density at radius 3 is 2.62 bits per heavy atom. The molecule has 1 aliphatic rings. The second-order valence-electron chi connectivity index (χ2n) is 7.40. The first-order valence-electron chi connectivity index (χ1n) is 10.2. The zero-order valence-corrected chi connectivity index (χ0v) is 19.2. The van der Waals surface area contributed by atoms with Crippen LogP contribution in [0, 0.1) is 0 Å². The minimum atomic E-state index is -3.96. The molecule has 1 atom stereocenters. The Kier molecular flexibility index (Phi) is 7.61. The number of fused-ring (bicyclic) bond motifs is 1. The molecule has 0 amide bonds. The highest BCUT2D eigenvalue weighted by Crippen LogP contribution is 2.43. The van der Waals surface area contributed by atoms with Crippen LogP contribution in [0.25, 0.3) is 0 Å². The molecule has 172 valence electrons. The van der Waals surface area contributed by atoms with Gasteiger partial charge in [-0.25, -0.2) is 9.36 Å². The zero-order valence-electron chi connectivity index (χ0n) is 18.3. The lowest BCUT2D eigenvalue weighted by Gasteiger charge is -2.17. The molecule has 0 fully saturated rings. The first-order chi connectivity index (χ1) is 15.3. The second kappa shape index (κ2) is 10.2. The Labute approximate surface area is 186 Å². The molecular formula is C23H27O8P. The molecule has 0 saturated heterocycles. The van der Waals surface area contributed by atoms with Gasteiger partial charge in [0.1, 0.15) is 29.4 Å². The van der Waals surface area contributed by atoms with E-state index in [4.69, 9.17) is 18.7 Å². The van der Waals surface area contributed by atoms with Gasteiger partial charge in [-0.05, 0) is 31.9 Å². The van der Waals surface area contributed by atoms with E-state index in [0.717, 1.165) is 11.1 Å². The number of aromatic hydroxyl groups is 1. The van der Waals surface area contributed by atoms with Gasteiger partial charge in [-0.15, -0.1) is 0 Å². The largest absolute Gasteiger partial charge is 0.507 e. The number of methoxy groups -OCH3 is 1. The van der Waals surface area contributed by atoms with Gasteiger partial charge in [0.2, 0.25) is 0 Å². The molecule has 0 aliphatic carbocycles. The molecule has 3 rings (SSSR count). The van der Waals surface area contributed by atoms with Crippen molar-refractivity contribution in [1.29, 1.82) is 0 Å². The number of rotatable bonds is 10. The van der Waals surface area contributed by atoms with E-state index >= 15 is 0 Å². The summed E-state index contributed by atoms with van der Waals surface area (Å²) in [6.07, 6.45) is 2.25. The van der Waals surface area contributed by atoms with E-state index in [9.17, 15) is 19.4 Å². The number of carbonyl (C=O) groups is 1. The minimum Gasteiger partial charge on any atom is -0.507 e. The molecule has 1 aliphatic heterocycles. The van der Waals surface area contributed by atoms with Crippen molar-refractivity contribution < 1.29 is 38.1 Å². The van der Waals surface area contributed by atoms with Crippen LogP contribution in [-0.2, 0) is 33.5 Å². The van der Waals surface area contributed by atoms with Crippen molar-refractivity contribution in [2.75, 3.05) is 20.1 Å². The molecule has 0 radical (unpaired) electrons. The molecule has 2 N–H and O–H groups in total. The summed E-state index contributed by atoms with van der Waals surface area (Å²) in [5, 5.41) is 10.7. The number of para-hydroxylation sites is 1. The van der Waals surface area contributed by atoms with Gasteiger partial charge in [0.05, 0.1) is 13.7 Å². The fraction of sp³-hybridized carbons (Fsp3) is 0.348. The van der Waals surface area contributed by atoms with Crippen LogP contribution in [0.15, 0.2) is 42.0 Å². The Hall–Kier alpha value is -2.80. The SMILES string of the molecule is CCc1c2c(c(O)c(CC=C(C)COCP(=O)(O)Oc3ccccc3)c1OC)C(=O)OC2. The van der Waals surface area contributed by atoms with Crippen LogP contribution >= 0.6 is 7.60 Å². The monoisotopic (exact) mass is 462 g/mol. The van der Waals surface area contributed by atoms with Crippen molar-refractivity contribution in [1.82, 2.24) is 0 Å². The third kappa shape index (κ3) is 5.33. The smallest absolute Gasteiger partial charge is 0.402 e. The molecule has 1 heterocycles. The summed E-state index contributed by atoms with van der Waals surface area (Å²) >= 11 is 0. The summed E-state index contributed by atoms with van der Waals surface area (Å²) in [5.74, 6) is 0.136. The van der Waals surface area contributed by atoms with E-state index in [0.29, 0.717) is 29.0 Å². The molecular weight excluding hydrogens is 435 g/mol. The van der Waals surface area contributed by atoms with Crippen LogP contribution in [0.4, 0.5) is 0 Å². The molecule has 32 heavy (non-hydrogen) atoms. The quantitative estimate of drug-likeness (QED) is 0.304. The van der Waals surface area contributed by atoms with E-state index in [-0.39, 0.29) is 30.9 Å². The first-order valence-corrected chi connectivity index (χ1v) is 11.9. The number of hydrogen-bond acceptors (Lipinski definition) is 7. The molecule has 9 heteroatoms. The highest BCUT2D eigenvalue weighted by atomic mass is 31.2. The topological polar surface area (TPSA) is 112 Å². The standard InChI is InChI=1S/C23H27O8P/c1-4-17-19-13-30-23(25)20(19)21(24)18(22(17)28-3)11-10-15(2)12-29-14-32(26,27)31-16-8-6-5-7-9-16/h5-10,24H,4,11-14H2,1-3H3,(H,26,27). The summed E-state index contributed by atoms with van der Waals surface area (Å²) in [6.45, 7) is 3.96. The molecule has 0 aromatic heterocycles. The average Bonchev–Trinajstić information content (AvgIpc) is 3.14. The van der Waals surface area contributed by atoms with Gasteiger partial charge >= 0.3 is 13.6 Å². The number of esters is 1. The van der Waals surface area contributed by atoms with Crippen LogP contribution in [0.2, 0.25) is 0 Å². The predicted molar refractivity (Wildman–Crippen MR) is 118 cm³/mol. The molecule has 0 spiro atoms. The van der Waals surface area contributed by atoms with Crippen molar-refractivity contribution in [2.45, 2.75) is 33.3 Å². The minimum absolute atomic E-state index is 0.0966. The van der Waals surface area contributed by atoms with Gasteiger partial charge < -0.3 is 28.7 Å². The number of hydrogen-bond donors (Lipinski definition) is 2. The first kappa shape index (κ1) is 23.9. The summed E-state index contributed by atoms with van der Waals surface area (Å²) < 4.78 is 33.3. The lowest BCUT2D eigenvalue weighted by atomic mass is 9.93. The molecule has 1 unspecified atom stereocenters. The number of ether oxygens (including phenoxy) is 3. The Morgan fingerprint density at radius 1 is 1.25 bits per heavy atom. The number of phenols is 1. The van der Waals surface area contributed by atoms with Gasteiger partial charge in [0, 0.05) is 16.7 Å². The van der Waals surface area contributed by atoms with Crippen LogP contribution in [-0.4, -0.2) is 36.0 Å². The van der Waals surface area contributed by atoms with Crippen LogP contribution in [0.3, 0.4) is 0 Å². The fourth-order valence-electron chi connectivity index (χ4n) is 3.60. The van der Waals surface area contributed by atoms with E-state index in [1.807, 2.05) is 13.0 Å².